The first-order chi connectivity index (χ1) is 12.6. The number of hydrogen-bond donors (Lipinski definition) is 2. The maximum absolute atomic E-state index is 12.6. The zero-order valence-corrected chi connectivity index (χ0v) is 14.2. The molecule has 0 fully saturated rings. The molecule has 0 unspecified atom stereocenters. The molecule has 0 aromatic heterocycles. The molecule has 0 saturated carbocycles. The molecule has 2 aromatic carbocycles. The summed E-state index contributed by atoms with van der Waals surface area (Å²) < 4.78 is 65.9. The molecular weight excluding hydrogens is 375 g/mol. The second-order valence-electron chi connectivity index (χ2n) is 5.33. The van der Waals surface area contributed by atoms with Crippen LogP contribution in [0.3, 0.4) is 0 Å². The van der Waals surface area contributed by atoms with Crippen LogP contribution in [0.4, 0.5) is 27.6 Å². The average Bonchev–Trinajstić information content (AvgIpc) is 2.62. The van der Waals surface area contributed by atoms with E-state index in [-0.39, 0.29) is 11.9 Å². The van der Waals surface area contributed by atoms with Crippen LogP contribution in [0.1, 0.15) is 24.2 Å². The number of nitrogens with one attached hydrogen (secondary N) is 1. The smallest absolute Gasteiger partial charge is 0.298 e. The van der Waals surface area contributed by atoms with Crippen molar-refractivity contribution in [2.45, 2.75) is 19.9 Å². The van der Waals surface area contributed by atoms with E-state index in [0.29, 0.717) is 11.3 Å². The zero-order valence-electron chi connectivity index (χ0n) is 14.2. The first kappa shape index (κ1) is 21.9. The Balaban J connectivity index is 0.000000271. The summed E-state index contributed by atoms with van der Waals surface area (Å²) in [7, 11) is 0. The van der Waals surface area contributed by atoms with Gasteiger partial charge in [-0.05, 0) is 26.0 Å². The van der Waals surface area contributed by atoms with E-state index in [1.54, 1.807) is 18.2 Å². The van der Waals surface area contributed by atoms with Crippen molar-refractivity contribution < 1.29 is 36.3 Å². The fourth-order valence-corrected chi connectivity index (χ4v) is 1.78. The van der Waals surface area contributed by atoms with Gasteiger partial charge in [-0.15, -0.1) is 0 Å². The van der Waals surface area contributed by atoms with Crippen molar-refractivity contribution in [3.63, 3.8) is 0 Å². The summed E-state index contributed by atoms with van der Waals surface area (Å²) in [6.07, 6.45) is 0. The molecule has 0 spiro atoms. The van der Waals surface area contributed by atoms with Crippen molar-refractivity contribution >= 4 is 18.1 Å². The van der Waals surface area contributed by atoms with Gasteiger partial charge in [0.2, 0.25) is 34.8 Å². The van der Waals surface area contributed by atoms with Crippen LogP contribution in [0.5, 0.6) is 5.75 Å². The van der Waals surface area contributed by atoms with Gasteiger partial charge in [-0.3, -0.25) is 9.59 Å². The molecule has 5 nitrogen and oxygen atoms in total. The van der Waals surface area contributed by atoms with Gasteiger partial charge in [-0.1, -0.05) is 12.1 Å². The van der Waals surface area contributed by atoms with Gasteiger partial charge in [0.15, 0.2) is 0 Å². The molecule has 0 aliphatic carbocycles. The van der Waals surface area contributed by atoms with E-state index in [9.17, 15) is 31.5 Å². The highest BCUT2D eigenvalue weighted by Gasteiger charge is 2.26. The van der Waals surface area contributed by atoms with E-state index in [2.05, 4.69) is 10.1 Å². The van der Waals surface area contributed by atoms with Gasteiger partial charge >= 0.3 is 0 Å². The van der Waals surface area contributed by atoms with E-state index in [1.165, 1.54) is 0 Å². The van der Waals surface area contributed by atoms with Crippen molar-refractivity contribution in [2.24, 2.45) is 0 Å². The van der Waals surface area contributed by atoms with Crippen molar-refractivity contribution in [1.82, 2.24) is 5.32 Å². The third kappa shape index (κ3) is 5.40. The van der Waals surface area contributed by atoms with Gasteiger partial charge in [-0.2, -0.15) is 8.78 Å². The number of carbonyl (C=O) groups excluding carboxylic acids is 2. The fourth-order valence-electron chi connectivity index (χ4n) is 1.78. The largest absolute Gasteiger partial charge is 0.422 e. The highest BCUT2D eigenvalue weighted by molar-refractivity contribution is 5.99. The number of anilines is 1. The van der Waals surface area contributed by atoms with Crippen LogP contribution in [0, 0.1) is 29.1 Å². The van der Waals surface area contributed by atoms with Gasteiger partial charge in [0, 0.05) is 11.7 Å². The first-order valence-corrected chi connectivity index (χ1v) is 7.38. The number of nitrogens with two attached hydrogens (primary N) is 1. The molecule has 27 heavy (non-hydrogen) atoms. The van der Waals surface area contributed by atoms with Gasteiger partial charge in [0.05, 0.1) is 5.56 Å². The maximum atomic E-state index is 12.6. The lowest BCUT2D eigenvalue weighted by Gasteiger charge is -2.09. The van der Waals surface area contributed by atoms with E-state index >= 15 is 0 Å². The molecule has 2 aromatic rings. The number of amides is 1. The molecule has 146 valence electrons. The van der Waals surface area contributed by atoms with Gasteiger partial charge in [0.1, 0.15) is 0 Å². The van der Waals surface area contributed by atoms with Crippen LogP contribution >= 0.6 is 0 Å². The summed E-state index contributed by atoms with van der Waals surface area (Å²) in [6, 6.07) is 7.17. The second-order valence-corrected chi connectivity index (χ2v) is 5.33. The fraction of sp³-hybridized carbons (Fsp3) is 0.176. The summed E-state index contributed by atoms with van der Waals surface area (Å²) in [5, 5.41) is 2.78. The summed E-state index contributed by atoms with van der Waals surface area (Å²) in [5.74, 6) is -12.7. The topological polar surface area (TPSA) is 81.4 Å². The molecule has 0 atom stereocenters. The molecule has 3 N–H and O–H groups in total. The summed E-state index contributed by atoms with van der Waals surface area (Å²) in [5.41, 5.74) is 6.69. The van der Waals surface area contributed by atoms with Crippen LogP contribution in [-0.2, 0) is 4.79 Å². The molecule has 0 saturated heterocycles. The van der Waals surface area contributed by atoms with Crippen molar-refractivity contribution in [2.75, 3.05) is 5.73 Å². The third-order valence-electron chi connectivity index (χ3n) is 2.96. The Morgan fingerprint density at radius 2 is 1.48 bits per heavy atom. The molecule has 0 aliphatic heterocycles. The van der Waals surface area contributed by atoms with E-state index in [0.717, 1.165) is 0 Å². The maximum Gasteiger partial charge on any atom is 0.298 e. The lowest BCUT2D eigenvalue weighted by Crippen LogP contribution is -2.30. The number of nitrogen functional groups attached to an aromatic ring is 1. The number of rotatable bonds is 4. The Labute approximate surface area is 150 Å². The van der Waals surface area contributed by atoms with Crippen LogP contribution in [-0.4, -0.2) is 18.4 Å². The zero-order chi connectivity index (χ0) is 20.7. The molecular formula is C17H15F5N2O3. The van der Waals surface area contributed by atoms with E-state index in [1.807, 2.05) is 19.9 Å². The minimum atomic E-state index is -2.31. The van der Waals surface area contributed by atoms with Crippen molar-refractivity contribution in [3.05, 3.63) is 58.9 Å². The van der Waals surface area contributed by atoms with Crippen LogP contribution in [0.15, 0.2) is 24.3 Å². The van der Waals surface area contributed by atoms with E-state index < -0.39 is 41.3 Å². The normalized spacial score (nSPS) is 10.1. The van der Waals surface area contributed by atoms with Gasteiger partial charge in [0.25, 0.3) is 12.4 Å². The number of benzene rings is 2. The minimum Gasteiger partial charge on any atom is -0.422 e. The Morgan fingerprint density at radius 3 is 1.93 bits per heavy atom. The molecule has 2 rings (SSSR count). The SMILES string of the molecule is CC(C)NC(=O)c1ccccc1N.O=COc1c(F)c(F)c(F)c(F)c1F. The lowest BCUT2D eigenvalue weighted by molar-refractivity contribution is -0.121. The summed E-state index contributed by atoms with van der Waals surface area (Å²) >= 11 is 0. The molecule has 0 bridgehead atoms. The molecule has 0 heterocycles. The van der Waals surface area contributed by atoms with Crippen LogP contribution in [0.25, 0.3) is 0 Å². The number of ether oxygens (including phenoxy) is 1. The standard InChI is InChI=1S/C10H14N2O.C7HF5O2/c1-7(2)12-10(13)8-5-3-4-6-9(8)11;8-2-3(9)5(11)7(14-1-13)6(12)4(2)10/h3-7H,11H2,1-2H3,(H,12,13);1H. The van der Waals surface area contributed by atoms with Gasteiger partial charge < -0.3 is 15.8 Å². The molecule has 10 heteroatoms. The first-order valence-electron chi connectivity index (χ1n) is 7.38. The Kier molecular flexibility index (Phi) is 7.70. The van der Waals surface area contributed by atoms with Crippen LogP contribution in [0.2, 0.25) is 0 Å². The Hall–Kier alpha value is -3.17. The Morgan fingerprint density at radius 1 is 1.00 bits per heavy atom. The third-order valence-corrected chi connectivity index (χ3v) is 2.96. The highest BCUT2D eigenvalue weighted by Crippen LogP contribution is 2.28. The van der Waals surface area contributed by atoms with Gasteiger partial charge in [-0.25, -0.2) is 13.2 Å². The molecule has 1 amide bonds. The minimum absolute atomic E-state index is 0.117. The molecule has 0 radical (unpaired) electrons. The summed E-state index contributed by atoms with van der Waals surface area (Å²) in [4.78, 5) is 21.2. The number of carbonyl (C=O) groups is 2. The summed E-state index contributed by atoms with van der Waals surface area (Å²) in [6.45, 7) is 3.38. The highest BCUT2D eigenvalue weighted by atomic mass is 19.2. The molecule has 0 aliphatic rings. The number of hydrogen-bond acceptors (Lipinski definition) is 4. The number of halogens is 5. The van der Waals surface area contributed by atoms with Crippen molar-refractivity contribution in [3.8, 4) is 5.75 Å². The second kappa shape index (κ2) is 9.51. The van der Waals surface area contributed by atoms with Crippen LogP contribution < -0.4 is 15.8 Å². The van der Waals surface area contributed by atoms with Crippen molar-refractivity contribution in [1.29, 1.82) is 0 Å². The predicted octanol–water partition coefficient (Wildman–Crippen LogP) is 3.32. The van der Waals surface area contributed by atoms with E-state index in [4.69, 9.17) is 5.73 Å². The number of para-hydroxylation sites is 1. The Bertz CT molecular complexity index is 815. The quantitative estimate of drug-likeness (QED) is 0.276. The average molecular weight is 390 g/mol. The monoisotopic (exact) mass is 390 g/mol. The predicted molar refractivity (Wildman–Crippen MR) is 86.4 cm³/mol. The lowest BCUT2D eigenvalue weighted by atomic mass is 10.1.